The molecule has 84 valence electrons. The molecule has 14 heavy (non-hydrogen) atoms. The van der Waals surface area contributed by atoms with Gasteiger partial charge in [0.05, 0.1) is 0 Å². The minimum atomic E-state index is -1.56. The summed E-state index contributed by atoms with van der Waals surface area (Å²) in [4.78, 5) is 0. The highest BCUT2D eigenvalue weighted by atomic mass is 28.4. The summed E-state index contributed by atoms with van der Waals surface area (Å²) in [6, 6.07) is 0. The normalized spacial score (nSPS) is 27.9. The maximum atomic E-state index is 8.81. The second kappa shape index (κ2) is 3.95. The zero-order chi connectivity index (χ0) is 11.0. The monoisotopic (exact) mass is 216 g/mol. The highest BCUT2D eigenvalue weighted by Crippen LogP contribution is 2.44. The van der Waals surface area contributed by atoms with E-state index in [4.69, 9.17) is 9.53 Å². The van der Waals surface area contributed by atoms with Crippen molar-refractivity contribution in [2.75, 3.05) is 6.61 Å². The van der Waals surface area contributed by atoms with Gasteiger partial charge in [0, 0.05) is 12.7 Å². The van der Waals surface area contributed by atoms with Crippen molar-refractivity contribution in [2.45, 2.75) is 57.8 Å². The maximum absolute atomic E-state index is 8.81. The number of hydrogen-bond donors (Lipinski definition) is 1. The Balaban J connectivity index is 2.39. The Morgan fingerprint density at radius 3 is 2.36 bits per heavy atom. The molecule has 0 aliphatic heterocycles. The Labute approximate surface area is 88.8 Å². The van der Waals surface area contributed by atoms with Crippen LogP contribution in [0.2, 0.25) is 18.1 Å². The van der Waals surface area contributed by atoms with Crippen LogP contribution in [0.1, 0.15) is 33.6 Å². The molecule has 3 heteroatoms. The lowest BCUT2D eigenvalue weighted by Crippen LogP contribution is -2.41. The summed E-state index contributed by atoms with van der Waals surface area (Å²) in [6.45, 7) is 11.7. The van der Waals surface area contributed by atoms with E-state index in [1.165, 1.54) is 0 Å². The van der Waals surface area contributed by atoms with Gasteiger partial charge in [0.25, 0.3) is 0 Å². The third-order valence-corrected chi connectivity index (χ3v) is 8.11. The van der Waals surface area contributed by atoms with Crippen molar-refractivity contribution in [3.63, 3.8) is 0 Å². The lowest BCUT2D eigenvalue weighted by Gasteiger charge is -2.36. The van der Waals surface area contributed by atoms with E-state index in [0.29, 0.717) is 23.7 Å². The Hall–Kier alpha value is 0.137. The molecule has 0 amide bonds. The summed E-state index contributed by atoms with van der Waals surface area (Å²) in [5.74, 6) is 0.633. The average Bonchev–Trinajstić information content (AvgIpc) is 2.65. The molecule has 0 heterocycles. The first-order valence-corrected chi connectivity index (χ1v) is 8.47. The van der Waals surface area contributed by atoms with Crippen LogP contribution < -0.4 is 0 Å². The summed E-state index contributed by atoms with van der Waals surface area (Å²) >= 11 is 0. The molecule has 0 aromatic carbocycles. The topological polar surface area (TPSA) is 29.5 Å². The first-order chi connectivity index (χ1) is 6.28. The molecule has 0 bridgehead atoms. The van der Waals surface area contributed by atoms with Gasteiger partial charge in [-0.2, -0.15) is 0 Å². The summed E-state index contributed by atoms with van der Waals surface area (Å²) in [5.41, 5.74) is 0. The van der Waals surface area contributed by atoms with Crippen LogP contribution in [-0.2, 0) is 4.43 Å². The molecule has 2 atom stereocenters. The van der Waals surface area contributed by atoms with Crippen LogP contribution in [0, 0.1) is 5.92 Å². The Bertz CT molecular complexity index is 196. The summed E-state index contributed by atoms with van der Waals surface area (Å²) < 4.78 is 6.21. The van der Waals surface area contributed by atoms with Gasteiger partial charge in [-0.15, -0.1) is 0 Å². The third-order valence-electron chi connectivity index (χ3n) is 3.61. The molecule has 0 aromatic heterocycles. The van der Waals surface area contributed by atoms with E-state index in [2.05, 4.69) is 33.9 Å². The molecular weight excluding hydrogens is 192 g/mol. The van der Waals surface area contributed by atoms with Gasteiger partial charge in [0.2, 0.25) is 0 Å². The van der Waals surface area contributed by atoms with Gasteiger partial charge in [-0.05, 0) is 36.9 Å². The fourth-order valence-electron chi connectivity index (χ4n) is 1.39. The van der Waals surface area contributed by atoms with Crippen LogP contribution in [0.4, 0.5) is 0 Å². The first kappa shape index (κ1) is 12.2. The Kier molecular flexibility index (Phi) is 3.44. The molecular formula is C11H24O2Si. The molecule has 0 radical (unpaired) electrons. The van der Waals surface area contributed by atoms with Gasteiger partial charge >= 0.3 is 0 Å². The number of hydrogen-bond acceptors (Lipinski definition) is 2. The van der Waals surface area contributed by atoms with Crippen molar-refractivity contribution < 1.29 is 9.53 Å². The van der Waals surface area contributed by atoms with Crippen molar-refractivity contribution in [1.82, 2.24) is 0 Å². The smallest absolute Gasteiger partial charge is 0.192 e. The molecule has 1 rings (SSSR count). The first-order valence-electron chi connectivity index (χ1n) is 5.56. The van der Waals surface area contributed by atoms with E-state index >= 15 is 0 Å². The largest absolute Gasteiger partial charge is 0.414 e. The molecule has 0 saturated heterocycles. The molecule has 0 spiro atoms. The number of aliphatic hydroxyl groups is 1. The van der Waals surface area contributed by atoms with Gasteiger partial charge in [-0.25, -0.2) is 0 Å². The second-order valence-electron chi connectivity index (χ2n) is 5.92. The van der Waals surface area contributed by atoms with Gasteiger partial charge in [-0.3, -0.25) is 0 Å². The van der Waals surface area contributed by atoms with Crippen molar-refractivity contribution in [2.24, 2.45) is 5.92 Å². The summed E-state index contributed by atoms with van der Waals surface area (Å²) in [7, 11) is -1.56. The van der Waals surface area contributed by atoms with E-state index in [-0.39, 0.29) is 0 Å². The standard InChI is InChI=1S/C11H24O2Si/c1-11(2,3)14(4,5)13-10-8-9(10)6-7-12/h9-10,12H,6-8H2,1-5H3. The number of aliphatic hydroxyl groups excluding tert-OH is 1. The van der Waals surface area contributed by atoms with Crippen molar-refractivity contribution in [3.8, 4) is 0 Å². The number of rotatable bonds is 4. The van der Waals surface area contributed by atoms with Crippen LogP contribution in [0.3, 0.4) is 0 Å². The molecule has 2 unspecified atom stereocenters. The SMILES string of the molecule is CC(C)(C)[Si](C)(C)OC1CC1CCO. The van der Waals surface area contributed by atoms with Crippen LogP contribution in [0.5, 0.6) is 0 Å². The van der Waals surface area contributed by atoms with Crippen LogP contribution >= 0.6 is 0 Å². The van der Waals surface area contributed by atoms with Crippen LogP contribution in [0.25, 0.3) is 0 Å². The maximum Gasteiger partial charge on any atom is 0.192 e. The quantitative estimate of drug-likeness (QED) is 0.732. The van der Waals surface area contributed by atoms with Gasteiger partial charge in [-0.1, -0.05) is 20.8 Å². The van der Waals surface area contributed by atoms with Gasteiger partial charge in [0.1, 0.15) is 0 Å². The molecule has 1 fully saturated rings. The predicted molar refractivity (Wildman–Crippen MR) is 61.9 cm³/mol. The molecule has 1 aliphatic carbocycles. The molecule has 1 N–H and O–H groups in total. The highest BCUT2D eigenvalue weighted by molar-refractivity contribution is 6.74. The summed E-state index contributed by atoms with van der Waals surface area (Å²) in [5, 5.41) is 9.11. The molecule has 1 saturated carbocycles. The fraction of sp³-hybridized carbons (Fsp3) is 1.00. The van der Waals surface area contributed by atoms with Crippen LogP contribution in [-0.4, -0.2) is 26.1 Å². The minimum Gasteiger partial charge on any atom is -0.414 e. The van der Waals surface area contributed by atoms with Crippen molar-refractivity contribution >= 4 is 8.32 Å². The van der Waals surface area contributed by atoms with Crippen molar-refractivity contribution in [3.05, 3.63) is 0 Å². The highest BCUT2D eigenvalue weighted by Gasteiger charge is 2.46. The zero-order valence-electron chi connectivity index (χ0n) is 10.1. The van der Waals surface area contributed by atoms with E-state index in [0.717, 1.165) is 12.8 Å². The Morgan fingerprint density at radius 1 is 1.36 bits per heavy atom. The van der Waals surface area contributed by atoms with E-state index in [9.17, 15) is 0 Å². The zero-order valence-corrected chi connectivity index (χ0v) is 11.1. The van der Waals surface area contributed by atoms with E-state index in [1.54, 1.807) is 0 Å². The van der Waals surface area contributed by atoms with Crippen LogP contribution in [0.15, 0.2) is 0 Å². The van der Waals surface area contributed by atoms with E-state index < -0.39 is 8.32 Å². The fourth-order valence-corrected chi connectivity index (χ4v) is 2.79. The molecule has 1 aliphatic rings. The average molecular weight is 216 g/mol. The van der Waals surface area contributed by atoms with Crippen molar-refractivity contribution in [1.29, 1.82) is 0 Å². The Morgan fingerprint density at radius 2 is 1.93 bits per heavy atom. The lowest BCUT2D eigenvalue weighted by atomic mass is 10.2. The van der Waals surface area contributed by atoms with Gasteiger partial charge in [0.15, 0.2) is 8.32 Å². The lowest BCUT2D eigenvalue weighted by molar-refractivity contribution is 0.231. The second-order valence-corrected chi connectivity index (χ2v) is 10.7. The van der Waals surface area contributed by atoms with E-state index in [1.807, 2.05) is 0 Å². The third kappa shape index (κ3) is 2.81. The molecule has 2 nitrogen and oxygen atoms in total. The van der Waals surface area contributed by atoms with Gasteiger partial charge < -0.3 is 9.53 Å². The predicted octanol–water partition coefficient (Wildman–Crippen LogP) is 2.78. The minimum absolute atomic E-state index is 0.305. The molecule has 0 aromatic rings. The summed E-state index contributed by atoms with van der Waals surface area (Å²) in [6.07, 6.45) is 2.52.